The van der Waals surface area contributed by atoms with Gasteiger partial charge in [0.05, 0.1) is 0 Å². The maximum Gasteiger partial charge on any atom is 0.311 e. The van der Waals surface area contributed by atoms with Gasteiger partial charge in [-0.1, -0.05) is 39.8 Å². The first-order valence-electron chi connectivity index (χ1n) is 5.74. The van der Waals surface area contributed by atoms with Crippen molar-refractivity contribution in [2.45, 2.75) is 46.0 Å². The molecule has 0 aromatic heterocycles. The summed E-state index contributed by atoms with van der Waals surface area (Å²) in [4.78, 5) is 11.4. The Labute approximate surface area is 97.6 Å². The number of benzene rings is 1. The van der Waals surface area contributed by atoms with Crippen LogP contribution in [0, 0.1) is 0 Å². The van der Waals surface area contributed by atoms with Crippen LogP contribution < -0.4 is 4.74 Å². The van der Waals surface area contributed by atoms with Gasteiger partial charge >= 0.3 is 5.97 Å². The highest BCUT2D eigenvalue weighted by Gasteiger charge is 2.14. The third-order valence-electron chi connectivity index (χ3n) is 2.39. The van der Waals surface area contributed by atoms with Crippen LogP contribution in [-0.2, 0) is 10.2 Å². The van der Waals surface area contributed by atoms with E-state index in [1.807, 2.05) is 25.1 Å². The molecule has 0 aliphatic rings. The average molecular weight is 220 g/mol. The zero-order chi connectivity index (χ0) is 12.2. The first kappa shape index (κ1) is 12.8. The molecule has 0 saturated carbocycles. The van der Waals surface area contributed by atoms with E-state index in [4.69, 9.17) is 4.74 Å². The van der Waals surface area contributed by atoms with Gasteiger partial charge in [-0.2, -0.15) is 0 Å². The minimum atomic E-state index is -0.159. The Morgan fingerprint density at radius 3 is 2.56 bits per heavy atom. The third kappa shape index (κ3) is 3.69. The fourth-order valence-electron chi connectivity index (χ4n) is 1.41. The molecule has 2 nitrogen and oxygen atoms in total. The molecule has 0 aliphatic heterocycles. The minimum Gasteiger partial charge on any atom is -0.427 e. The van der Waals surface area contributed by atoms with Gasteiger partial charge in [-0.05, 0) is 29.5 Å². The molecule has 0 unspecified atom stereocenters. The molecule has 0 heterocycles. The van der Waals surface area contributed by atoms with Crippen LogP contribution in [0.5, 0.6) is 5.75 Å². The van der Waals surface area contributed by atoms with Crippen LogP contribution in [-0.4, -0.2) is 5.97 Å². The summed E-state index contributed by atoms with van der Waals surface area (Å²) in [5.74, 6) is 0.486. The van der Waals surface area contributed by atoms with Crippen molar-refractivity contribution >= 4 is 5.97 Å². The van der Waals surface area contributed by atoms with Gasteiger partial charge < -0.3 is 4.74 Å². The molecule has 0 radical (unpaired) electrons. The molecule has 0 bridgehead atoms. The third-order valence-corrected chi connectivity index (χ3v) is 2.39. The second-order valence-corrected chi connectivity index (χ2v) is 5.00. The van der Waals surface area contributed by atoms with E-state index in [2.05, 4.69) is 26.8 Å². The second kappa shape index (κ2) is 5.15. The van der Waals surface area contributed by atoms with Crippen LogP contribution in [0.3, 0.4) is 0 Å². The van der Waals surface area contributed by atoms with E-state index < -0.39 is 0 Å². The van der Waals surface area contributed by atoms with E-state index in [-0.39, 0.29) is 11.4 Å². The number of carbonyl (C=O) groups is 1. The van der Waals surface area contributed by atoms with Crippen LogP contribution in [0.1, 0.15) is 46.1 Å². The molecule has 0 fully saturated rings. The first-order valence-corrected chi connectivity index (χ1v) is 5.74. The molecule has 1 rings (SSSR count). The summed E-state index contributed by atoms with van der Waals surface area (Å²) < 4.78 is 5.25. The van der Waals surface area contributed by atoms with E-state index in [9.17, 15) is 4.79 Å². The Hall–Kier alpha value is -1.31. The summed E-state index contributed by atoms with van der Waals surface area (Å²) in [6.45, 7) is 8.38. The fourth-order valence-corrected chi connectivity index (χ4v) is 1.41. The summed E-state index contributed by atoms with van der Waals surface area (Å²) >= 11 is 0. The lowest BCUT2D eigenvalue weighted by Crippen LogP contribution is -2.12. The van der Waals surface area contributed by atoms with E-state index >= 15 is 0 Å². The number of ether oxygens (including phenoxy) is 1. The predicted molar refractivity (Wildman–Crippen MR) is 65.7 cm³/mol. The van der Waals surface area contributed by atoms with Crippen molar-refractivity contribution in [2.75, 3.05) is 0 Å². The van der Waals surface area contributed by atoms with Crippen LogP contribution in [0.2, 0.25) is 0 Å². The zero-order valence-electron chi connectivity index (χ0n) is 10.5. The first-order chi connectivity index (χ1) is 7.43. The molecular formula is C14H20O2. The van der Waals surface area contributed by atoms with E-state index in [1.165, 1.54) is 5.56 Å². The van der Waals surface area contributed by atoms with Crippen molar-refractivity contribution in [1.82, 2.24) is 0 Å². The number of hydrogen-bond donors (Lipinski definition) is 0. The molecule has 0 aliphatic carbocycles. The van der Waals surface area contributed by atoms with Crippen molar-refractivity contribution in [3.8, 4) is 5.75 Å². The topological polar surface area (TPSA) is 26.3 Å². The largest absolute Gasteiger partial charge is 0.427 e. The second-order valence-electron chi connectivity index (χ2n) is 5.00. The van der Waals surface area contributed by atoms with Gasteiger partial charge in [-0.3, -0.25) is 4.79 Å². The molecule has 0 saturated heterocycles. The maximum absolute atomic E-state index is 11.4. The lowest BCUT2D eigenvalue weighted by Gasteiger charge is -2.19. The molecule has 16 heavy (non-hydrogen) atoms. The Kier molecular flexibility index (Phi) is 4.11. The summed E-state index contributed by atoms with van der Waals surface area (Å²) in [7, 11) is 0. The normalized spacial score (nSPS) is 11.2. The Morgan fingerprint density at radius 2 is 2.00 bits per heavy atom. The number of esters is 1. The van der Waals surface area contributed by atoms with Gasteiger partial charge in [-0.25, -0.2) is 0 Å². The average Bonchev–Trinajstić information content (AvgIpc) is 2.17. The van der Waals surface area contributed by atoms with Crippen LogP contribution in [0.25, 0.3) is 0 Å². The summed E-state index contributed by atoms with van der Waals surface area (Å²) in [6, 6.07) is 7.74. The van der Waals surface area contributed by atoms with Crippen molar-refractivity contribution in [3.05, 3.63) is 29.8 Å². The van der Waals surface area contributed by atoms with Crippen molar-refractivity contribution in [2.24, 2.45) is 0 Å². The molecule has 2 heteroatoms. The molecule has 1 aromatic rings. The lowest BCUT2D eigenvalue weighted by atomic mass is 9.87. The van der Waals surface area contributed by atoms with Gasteiger partial charge in [0.15, 0.2) is 0 Å². The number of hydrogen-bond acceptors (Lipinski definition) is 2. The zero-order valence-corrected chi connectivity index (χ0v) is 10.5. The highest BCUT2D eigenvalue weighted by atomic mass is 16.5. The minimum absolute atomic E-state index is 0.0766. The summed E-state index contributed by atoms with van der Waals surface area (Å²) in [5, 5.41) is 0. The Balaban J connectivity index is 2.79. The smallest absolute Gasteiger partial charge is 0.311 e. The maximum atomic E-state index is 11.4. The fraction of sp³-hybridized carbons (Fsp3) is 0.500. The molecule has 0 amide bonds. The van der Waals surface area contributed by atoms with Crippen LogP contribution in [0.15, 0.2) is 24.3 Å². The highest BCUT2D eigenvalue weighted by molar-refractivity contribution is 5.72. The van der Waals surface area contributed by atoms with E-state index in [1.54, 1.807) is 0 Å². The molecular weight excluding hydrogens is 200 g/mol. The molecule has 88 valence electrons. The van der Waals surface area contributed by atoms with Crippen molar-refractivity contribution in [1.29, 1.82) is 0 Å². The van der Waals surface area contributed by atoms with Crippen LogP contribution >= 0.6 is 0 Å². The highest BCUT2D eigenvalue weighted by Crippen LogP contribution is 2.25. The summed E-state index contributed by atoms with van der Waals surface area (Å²) in [6.07, 6.45) is 1.29. The SMILES string of the molecule is CCCC(=O)Oc1cccc(C(C)(C)C)c1. The number of rotatable bonds is 3. The summed E-state index contributed by atoms with van der Waals surface area (Å²) in [5.41, 5.74) is 1.25. The van der Waals surface area contributed by atoms with E-state index in [0.717, 1.165) is 6.42 Å². The standard InChI is InChI=1S/C14H20O2/c1-5-7-13(15)16-12-9-6-8-11(10-12)14(2,3)4/h6,8-10H,5,7H2,1-4H3. The predicted octanol–water partition coefficient (Wildman–Crippen LogP) is 3.69. The lowest BCUT2D eigenvalue weighted by molar-refractivity contribution is -0.134. The van der Waals surface area contributed by atoms with Crippen molar-refractivity contribution in [3.63, 3.8) is 0 Å². The molecule has 1 aromatic carbocycles. The van der Waals surface area contributed by atoms with Gasteiger partial charge in [0.2, 0.25) is 0 Å². The van der Waals surface area contributed by atoms with Crippen molar-refractivity contribution < 1.29 is 9.53 Å². The van der Waals surface area contributed by atoms with Crippen LogP contribution in [0.4, 0.5) is 0 Å². The Bertz CT molecular complexity index is 361. The molecule has 0 atom stereocenters. The molecule has 0 N–H and O–H groups in total. The Morgan fingerprint density at radius 1 is 1.31 bits per heavy atom. The molecule has 0 spiro atoms. The number of carbonyl (C=O) groups excluding carboxylic acids is 1. The van der Waals surface area contributed by atoms with E-state index in [0.29, 0.717) is 12.2 Å². The monoisotopic (exact) mass is 220 g/mol. The van der Waals surface area contributed by atoms with Gasteiger partial charge in [-0.15, -0.1) is 0 Å². The van der Waals surface area contributed by atoms with Gasteiger partial charge in [0.25, 0.3) is 0 Å². The van der Waals surface area contributed by atoms with Gasteiger partial charge in [0.1, 0.15) is 5.75 Å². The quantitative estimate of drug-likeness (QED) is 0.573. The van der Waals surface area contributed by atoms with Gasteiger partial charge in [0, 0.05) is 6.42 Å².